The minimum Gasteiger partial charge on any atom is -0.494 e. The number of para-hydroxylation sites is 2. The molecule has 2 aromatic carbocycles. The molecule has 0 unspecified atom stereocenters. The number of aromatic nitrogens is 2. The molecule has 0 bridgehead atoms. The zero-order valence-corrected chi connectivity index (χ0v) is 23.9. The highest BCUT2D eigenvalue weighted by Gasteiger charge is 2.17. The van der Waals surface area contributed by atoms with Crippen LogP contribution in [0.4, 0.5) is 34.5 Å². The Hall–Kier alpha value is -3.32. The molecule has 5 N–H and O–H groups in total. The fourth-order valence-corrected chi connectivity index (χ4v) is 4.86. The molecule has 1 fully saturated rings. The van der Waals surface area contributed by atoms with Gasteiger partial charge in [-0.05, 0) is 50.2 Å². The third-order valence-corrected chi connectivity index (χ3v) is 7.88. The van der Waals surface area contributed by atoms with Crippen LogP contribution in [0.2, 0.25) is 5.02 Å². The number of sulfonamides is 1. The second kappa shape index (κ2) is 13.2. The second-order valence-corrected chi connectivity index (χ2v) is 11.6. The molecule has 0 atom stereocenters. The normalized spacial score (nSPS) is 14.1. The topological polar surface area (TPSA) is 133 Å². The van der Waals surface area contributed by atoms with Gasteiger partial charge < -0.3 is 31.3 Å². The number of halogens is 1. The van der Waals surface area contributed by atoms with Crippen molar-refractivity contribution in [1.82, 2.24) is 20.6 Å². The van der Waals surface area contributed by atoms with Crippen molar-refractivity contribution in [2.45, 2.75) is 18.9 Å². The Morgan fingerprint density at radius 2 is 1.87 bits per heavy atom. The van der Waals surface area contributed by atoms with Gasteiger partial charge in [0.2, 0.25) is 16.0 Å². The molecule has 39 heavy (non-hydrogen) atoms. The van der Waals surface area contributed by atoms with Crippen LogP contribution in [0.3, 0.4) is 0 Å². The van der Waals surface area contributed by atoms with Gasteiger partial charge in [0, 0.05) is 37.9 Å². The first-order chi connectivity index (χ1) is 18.7. The molecule has 2 heterocycles. The third kappa shape index (κ3) is 7.85. The van der Waals surface area contributed by atoms with E-state index in [2.05, 4.69) is 36.6 Å². The summed E-state index contributed by atoms with van der Waals surface area (Å²) in [7, 11) is -0.372. The van der Waals surface area contributed by atoms with E-state index in [0.29, 0.717) is 40.6 Å². The molecule has 1 aliphatic rings. The van der Waals surface area contributed by atoms with Gasteiger partial charge in [-0.25, -0.2) is 13.4 Å². The lowest BCUT2D eigenvalue weighted by atomic mass is 10.1. The average molecular weight is 575 g/mol. The lowest BCUT2D eigenvalue weighted by Gasteiger charge is -2.24. The smallest absolute Gasteiger partial charge is 0.232 e. The molecule has 11 nitrogen and oxygen atoms in total. The van der Waals surface area contributed by atoms with Crippen molar-refractivity contribution < 1.29 is 13.2 Å². The van der Waals surface area contributed by atoms with E-state index in [1.54, 1.807) is 31.4 Å². The molecular formula is C26H35ClN8O3S. The number of nitrogens with zero attached hydrogens (tertiary/aromatic N) is 3. The highest BCUT2D eigenvalue weighted by Crippen LogP contribution is 2.33. The van der Waals surface area contributed by atoms with Crippen LogP contribution in [0.1, 0.15) is 12.8 Å². The largest absolute Gasteiger partial charge is 0.494 e. The second-order valence-electron chi connectivity index (χ2n) is 9.21. The summed E-state index contributed by atoms with van der Waals surface area (Å²) in [6.07, 6.45) is 4.93. The fraction of sp³-hybridized carbons (Fsp3) is 0.385. The van der Waals surface area contributed by atoms with Gasteiger partial charge in [-0.2, -0.15) is 4.98 Å². The van der Waals surface area contributed by atoms with E-state index >= 15 is 0 Å². The number of piperidine rings is 1. The van der Waals surface area contributed by atoms with Crippen molar-refractivity contribution in [2.75, 3.05) is 66.8 Å². The van der Waals surface area contributed by atoms with Gasteiger partial charge in [0.25, 0.3) is 0 Å². The molecule has 13 heteroatoms. The maximum atomic E-state index is 12.1. The predicted octanol–water partition coefficient (Wildman–Crippen LogP) is 3.78. The van der Waals surface area contributed by atoms with Gasteiger partial charge in [0.15, 0.2) is 5.82 Å². The molecule has 0 spiro atoms. The number of anilines is 6. The minimum absolute atomic E-state index is 0.280. The van der Waals surface area contributed by atoms with Gasteiger partial charge in [-0.3, -0.25) is 4.31 Å². The van der Waals surface area contributed by atoms with Gasteiger partial charge in [0.1, 0.15) is 10.8 Å². The molecule has 1 aromatic heterocycles. The third-order valence-electron chi connectivity index (χ3n) is 6.41. The van der Waals surface area contributed by atoms with Crippen molar-refractivity contribution in [2.24, 2.45) is 0 Å². The molecule has 0 aliphatic carbocycles. The van der Waals surface area contributed by atoms with E-state index in [4.69, 9.17) is 16.3 Å². The lowest BCUT2D eigenvalue weighted by Crippen LogP contribution is -2.41. The van der Waals surface area contributed by atoms with Crippen LogP contribution < -0.4 is 35.6 Å². The Bertz CT molecular complexity index is 1370. The van der Waals surface area contributed by atoms with Crippen LogP contribution in [-0.2, 0) is 10.0 Å². The maximum Gasteiger partial charge on any atom is 0.232 e. The number of rotatable bonds is 12. The SMILES string of the molecule is COc1cc(NCCNC2CCNCC2)ccc1Nc1ncc(Cl)c(Nc2ccccc2N(C)S(C)(=O)=O)n1. The Morgan fingerprint density at radius 1 is 1.10 bits per heavy atom. The Balaban J connectivity index is 1.43. The summed E-state index contributed by atoms with van der Waals surface area (Å²) in [5, 5.41) is 17.0. The van der Waals surface area contributed by atoms with Gasteiger partial charge in [-0.1, -0.05) is 23.7 Å². The van der Waals surface area contributed by atoms with Gasteiger partial charge in [0.05, 0.1) is 36.6 Å². The van der Waals surface area contributed by atoms with Crippen molar-refractivity contribution in [3.8, 4) is 5.75 Å². The molecule has 4 rings (SSSR count). The van der Waals surface area contributed by atoms with Crippen molar-refractivity contribution >= 4 is 56.1 Å². The van der Waals surface area contributed by atoms with Crippen LogP contribution in [0, 0.1) is 0 Å². The van der Waals surface area contributed by atoms with Crippen molar-refractivity contribution in [3.63, 3.8) is 0 Å². The monoisotopic (exact) mass is 574 g/mol. The Morgan fingerprint density at radius 3 is 2.62 bits per heavy atom. The first kappa shape index (κ1) is 28.7. The molecule has 0 saturated carbocycles. The van der Waals surface area contributed by atoms with E-state index in [1.165, 1.54) is 17.5 Å². The van der Waals surface area contributed by atoms with Crippen molar-refractivity contribution in [1.29, 1.82) is 0 Å². The van der Waals surface area contributed by atoms with E-state index < -0.39 is 10.0 Å². The first-order valence-corrected chi connectivity index (χ1v) is 14.9. The molecule has 0 amide bonds. The number of methoxy groups -OCH3 is 1. The summed E-state index contributed by atoms with van der Waals surface area (Å²) in [5.41, 5.74) is 2.61. The molecular weight excluding hydrogens is 540 g/mol. The Labute approximate surface area is 234 Å². The lowest BCUT2D eigenvalue weighted by molar-refractivity contribution is 0.392. The average Bonchev–Trinajstić information content (AvgIpc) is 2.93. The summed E-state index contributed by atoms with van der Waals surface area (Å²) in [4.78, 5) is 8.80. The quantitative estimate of drug-likeness (QED) is 0.204. The van der Waals surface area contributed by atoms with Crippen LogP contribution in [0.15, 0.2) is 48.7 Å². The zero-order chi connectivity index (χ0) is 27.8. The van der Waals surface area contributed by atoms with Crippen LogP contribution >= 0.6 is 11.6 Å². The first-order valence-electron chi connectivity index (χ1n) is 12.7. The molecule has 0 radical (unpaired) electrons. The summed E-state index contributed by atoms with van der Waals surface area (Å²) < 4.78 is 31.0. The van der Waals surface area contributed by atoms with Gasteiger partial charge >= 0.3 is 0 Å². The molecule has 210 valence electrons. The summed E-state index contributed by atoms with van der Waals surface area (Å²) in [6.45, 7) is 3.81. The molecule has 3 aromatic rings. The number of hydrogen-bond acceptors (Lipinski definition) is 10. The standard InChI is InChI=1S/C26H35ClN8O3S/c1-35(39(3,36)37)23-7-5-4-6-21(23)32-25-20(27)17-31-26(34-25)33-22-9-8-19(16-24(22)38-2)30-15-14-29-18-10-12-28-13-11-18/h4-9,16-18,28-30H,10-15H2,1-3H3,(H2,31,32,33,34). The zero-order valence-electron chi connectivity index (χ0n) is 22.3. The van der Waals surface area contributed by atoms with E-state index in [0.717, 1.165) is 51.0 Å². The highest BCUT2D eigenvalue weighted by atomic mass is 35.5. The van der Waals surface area contributed by atoms with E-state index in [-0.39, 0.29) is 5.02 Å². The predicted molar refractivity (Wildman–Crippen MR) is 159 cm³/mol. The maximum absolute atomic E-state index is 12.1. The van der Waals surface area contributed by atoms with Crippen LogP contribution in [0.5, 0.6) is 5.75 Å². The van der Waals surface area contributed by atoms with Crippen molar-refractivity contribution in [3.05, 3.63) is 53.7 Å². The summed E-state index contributed by atoms with van der Waals surface area (Å²) >= 11 is 6.37. The number of benzene rings is 2. The van der Waals surface area contributed by atoms with E-state index in [1.807, 2.05) is 18.2 Å². The minimum atomic E-state index is -3.46. The molecule has 1 saturated heterocycles. The number of hydrogen-bond donors (Lipinski definition) is 5. The molecule has 1 aliphatic heterocycles. The van der Waals surface area contributed by atoms with Gasteiger partial charge in [-0.15, -0.1) is 0 Å². The Kier molecular flexibility index (Phi) is 9.68. The summed E-state index contributed by atoms with van der Waals surface area (Å²) in [6, 6.07) is 13.3. The van der Waals surface area contributed by atoms with Crippen LogP contribution in [-0.4, -0.2) is 71.0 Å². The van der Waals surface area contributed by atoms with E-state index in [9.17, 15) is 8.42 Å². The fourth-order valence-electron chi connectivity index (χ4n) is 4.21. The highest BCUT2D eigenvalue weighted by molar-refractivity contribution is 7.92. The van der Waals surface area contributed by atoms with Crippen LogP contribution in [0.25, 0.3) is 0 Å². The summed E-state index contributed by atoms with van der Waals surface area (Å²) in [5.74, 6) is 1.24. The number of nitrogens with one attached hydrogen (secondary N) is 5. The number of ether oxygens (including phenoxy) is 1.